The zero-order valence-electron chi connectivity index (χ0n) is 16.1. The first kappa shape index (κ1) is 19.6. The van der Waals surface area contributed by atoms with E-state index in [1.807, 2.05) is 54.2 Å². The van der Waals surface area contributed by atoms with E-state index in [9.17, 15) is 4.79 Å². The first-order valence-corrected chi connectivity index (χ1v) is 10.2. The molecule has 0 unspecified atom stereocenters. The molecule has 6 nitrogen and oxygen atoms in total. The number of rotatable bonds is 6. The van der Waals surface area contributed by atoms with Gasteiger partial charge in [-0.1, -0.05) is 30.8 Å². The van der Waals surface area contributed by atoms with Crippen molar-refractivity contribution in [2.75, 3.05) is 45.3 Å². The summed E-state index contributed by atoms with van der Waals surface area (Å²) >= 11 is 1.60. The highest BCUT2D eigenvalue weighted by molar-refractivity contribution is 7.98. The Bertz CT molecular complexity index is 791. The highest BCUT2D eigenvalue weighted by Gasteiger charge is 2.18. The molecule has 2 heterocycles. The predicted molar refractivity (Wildman–Crippen MR) is 108 cm³/mol. The Morgan fingerprint density at radius 1 is 1.22 bits per heavy atom. The number of thioether (sulfide) groups is 1. The number of hydrogen-bond donors (Lipinski definition) is 0. The number of nitrogens with zero attached hydrogens (tertiary/aromatic N) is 4. The summed E-state index contributed by atoms with van der Waals surface area (Å²) in [5, 5.41) is 0.767. The molecule has 1 saturated heterocycles. The Balaban J connectivity index is 1.70. The minimum absolute atomic E-state index is 0.0734. The van der Waals surface area contributed by atoms with Gasteiger partial charge in [0.2, 0.25) is 0 Å². The van der Waals surface area contributed by atoms with Gasteiger partial charge in [-0.15, -0.1) is 0 Å². The zero-order valence-corrected chi connectivity index (χ0v) is 17.0. The fourth-order valence-electron chi connectivity index (χ4n) is 2.83. The van der Waals surface area contributed by atoms with Crippen LogP contribution in [0.5, 0.6) is 0 Å². The van der Waals surface area contributed by atoms with Crippen LogP contribution in [0.2, 0.25) is 0 Å². The van der Waals surface area contributed by atoms with E-state index in [1.54, 1.807) is 11.8 Å². The van der Waals surface area contributed by atoms with E-state index in [0.717, 1.165) is 40.0 Å². The van der Waals surface area contributed by atoms with Gasteiger partial charge in [-0.05, 0) is 24.1 Å². The lowest BCUT2D eigenvalue weighted by Crippen LogP contribution is -2.40. The third-order valence-electron chi connectivity index (χ3n) is 4.41. The standard InChI is InChI=1S/C20H26N4O2S/c1-4-17-13-18(23(2)3)22-20(21-17)27-14-15-6-5-7-16(12-15)19(25)24-8-10-26-11-9-24/h5-7,12-13H,4,8-11,14H2,1-3H3. The van der Waals surface area contributed by atoms with Crippen LogP contribution in [0.4, 0.5) is 5.82 Å². The molecule has 2 aromatic rings. The van der Waals surface area contributed by atoms with E-state index in [-0.39, 0.29) is 5.91 Å². The highest BCUT2D eigenvalue weighted by atomic mass is 32.2. The van der Waals surface area contributed by atoms with Gasteiger partial charge in [-0.2, -0.15) is 0 Å². The van der Waals surface area contributed by atoms with Gasteiger partial charge in [0.15, 0.2) is 5.16 Å². The number of anilines is 1. The van der Waals surface area contributed by atoms with E-state index in [0.29, 0.717) is 26.3 Å². The Kier molecular flexibility index (Phi) is 6.68. The van der Waals surface area contributed by atoms with Crippen LogP contribution in [-0.2, 0) is 16.9 Å². The molecule has 0 N–H and O–H groups in total. The van der Waals surface area contributed by atoms with E-state index < -0.39 is 0 Å². The Morgan fingerprint density at radius 3 is 2.70 bits per heavy atom. The molecule has 1 amide bonds. The fourth-order valence-corrected chi connectivity index (χ4v) is 3.64. The summed E-state index contributed by atoms with van der Waals surface area (Å²) in [4.78, 5) is 25.7. The van der Waals surface area contributed by atoms with Crippen LogP contribution in [0.15, 0.2) is 35.5 Å². The van der Waals surface area contributed by atoms with Crippen LogP contribution >= 0.6 is 11.8 Å². The minimum Gasteiger partial charge on any atom is -0.378 e. The Labute approximate surface area is 164 Å². The summed E-state index contributed by atoms with van der Waals surface area (Å²) in [5.41, 5.74) is 2.86. The van der Waals surface area contributed by atoms with Crippen molar-refractivity contribution in [1.82, 2.24) is 14.9 Å². The summed E-state index contributed by atoms with van der Waals surface area (Å²) in [6.07, 6.45) is 0.875. The zero-order chi connectivity index (χ0) is 19.2. The molecule has 1 fully saturated rings. The molecule has 0 spiro atoms. The molecule has 0 aliphatic carbocycles. The van der Waals surface area contributed by atoms with Crippen molar-refractivity contribution in [2.45, 2.75) is 24.3 Å². The van der Waals surface area contributed by atoms with Gasteiger partial charge in [0, 0.05) is 50.3 Å². The number of benzene rings is 1. The average Bonchev–Trinajstić information content (AvgIpc) is 2.72. The number of carbonyl (C=O) groups excluding carboxylic acids is 1. The van der Waals surface area contributed by atoms with E-state index in [4.69, 9.17) is 4.74 Å². The predicted octanol–water partition coefficient (Wildman–Crippen LogP) is 2.87. The van der Waals surface area contributed by atoms with Crippen LogP contribution in [-0.4, -0.2) is 61.2 Å². The molecule has 144 valence electrons. The fraction of sp³-hybridized carbons (Fsp3) is 0.450. The molecule has 7 heteroatoms. The van der Waals surface area contributed by atoms with Gasteiger partial charge in [-0.3, -0.25) is 4.79 Å². The molecular formula is C20H26N4O2S. The van der Waals surface area contributed by atoms with Crippen molar-refractivity contribution in [3.63, 3.8) is 0 Å². The lowest BCUT2D eigenvalue weighted by atomic mass is 10.1. The second kappa shape index (κ2) is 9.19. The van der Waals surface area contributed by atoms with Crippen molar-refractivity contribution in [2.24, 2.45) is 0 Å². The second-order valence-corrected chi connectivity index (χ2v) is 7.58. The van der Waals surface area contributed by atoms with Crippen molar-refractivity contribution in [3.8, 4) is 0 Å². The minimum atomic E-state index is 0.0734. The lowest BCUT2D eigenvalue weighted by Gasteiger charge is -2.27. The number of morpholine rings is 1. The van der Waals surface area contributed by atoms with Crippen LogP contribution in [0.25, 0.3) is 0 Å². The number of hydrogen-bond acceptors (Lipinski definition) is 6. The first-order chi connectivity index (χ1) is 13.1. The maximum Gasteiger partial charge on any atom is 0.254 e. The summed E-state index contributed by atoms with van der Waals surface area (Å²) in [6.45, 7) is 4.63. The van der Waals surface area contributed by atoms with Gasteiger partial charge in [0.25, 0.3) is 5.91 Å². The SMILES string of the molecule is CCc1cc(N(C)C)nc(SCc2cccc(C(=O)N3CCOCC3)c2)n1. The topological polar surface area (TPSA) is 58.6 Å². The Morgan fingerprint density at radius 2 is 2.00 bits per heavy atom. The molecule has 0 bridgehead atoms. The average molecular weight is 387 g/mol. The number of aryl methyl sites for hydroxylation is 1. The monoisotopic (exact) mass is 386 g/mol. The number of amides is 1. The molecule has 0 saturated carbocycles. The molecule has 0 radical (unpaired) electrons. The normalized spacial score (nSPS) is 14.3. The highest BCUT2D eigenvalue weighted by Crippen LogP contribution is 2.23. The number of aromatic nitrogens is 2. The summed E-state index contributed by atoms with van der Waals surface area (Å²) in [5.74, 6) is 1.72. The molecule has 1 aromatic heterocycles. The van der Waals surface area contributed by atoms with Crippen molar-refractivity contribution >= 4 is 23.5 Å². The smallest absolute Gasteiger partial charge is 0.254 e. The van der Waals surface area contributed by atoms with E-state index >= 15 is 0 Å². The van der Waals surface area contributed by atoms with Crippen molar-refractivity contribution < 1.29 is 9.53 Å². The summed E-state index contributed by atoms with van der Waals surface area (Å²) < 4.78 is 5.33. The molecule has 27 heavy (non-hydrogen) atoms. The van der Waals surface area contributed by atoms with Gasteiger partial charge in [0.1, 0.15) is 5.82 Å². The van der Waals surface area contributed by atoms with Gasteiger partial charge in [-0.25, -0.2) is 9.97 Å². The molecular weight excluding hydrogens is 360 g/mol. The molecule has 1 aliphatic rings. The van der Waals surface area contributed by atoms with Gasteiger partial charge >= 0.3 is 0 Å². The van der Waals surface area contributed by atoms with E-state index in [2.05, 4.69) is 16.9 Å². The maximum absolute atomic E-state index is 12.7. The lowest BCUT2D eigenvalue weighted by molar-refractivity contribution is 0.0303. The molecule has 1 aliphatic heterocycles. The molecule has 0 atom stereocenters. The maximum atomic E-state index is 12.7. The van der Waals surface area contributed by atoms with Gasteiger partial charge in [0.05, 0.1) is 13.2 Å². The van der Waals surface area contributed by atoms with Crippen molar-refractivity contribution in [1.29, 1.82) is 0 Å². The quantitative estimate of drug-likeness (QED) is 0.562. The summed E-state index contributed by atoms with van der Waals surface area (Å²) in [6, 6.07) is 9.86. The first-order valence-electron chi connectivity index (χ1n) is 9.21. The number of carbonyl (C=O) groups is 1. The third kappa shape index (κ3) is 5.20. The van der Waals surface area contributed by atoms with Crippen molar-refractivity contribution in [3.05, 3.63) is 47.2 Å². The van der Waals surface area contributed by atoms with Crippen LogP contribution < -0.4 is 4.90 Å². The Hall–Kier alpha value is -2.12. The van der Waals surface area contributed by atoms with E-state index in [1.165, 1.54) is 0 Å². The number of ether oxygens (including phenoxy) is 1. The van der Waals surface area contributed by atoms with Crippen LogP contribution in [0.1, 0.15) is 28.5 Å². The molecule has 1 aromatic carbocycles. The summed E-state index contributed by atoms with van der Waals surface area (Å²) in [7, 11) is 3.97. The molecule has 3 rings (SSSR count). The third-order valence-corrected chi connectivity index (χ3v) is 5.32. The van der Waals surface area contributed by atoms with Crippen LogP contribution in [0, 0.1) is 0 Å². The largest absolute Gasteiger partial charge is 0.378 e. The second-order valence-electron chi connectivity index (χ2n) is 6.64. The van der Waals surface area contributed by atoms with Gasteiger partial charge < -0.3 is 14.5 Å². The van der Waals surface area contributed by atoms with Crippen LogP contribution in [0.3, 0.4) is 0 Å².